The van der Waals surface area contributed by atoms with Gasteiger partial charge in [0.2, 0.25) is 0 Å². The van der Waals surface area contributed by atoms with Gasteiger partial charge in [-0.05, 0) is 30.2 Å². The van der Waals surface area contributed by atoms with E-state index in [1.807, 2.05) is 6.07 Å². The van der Waals surface area contributed by atoms with Gasteiger partial charge in [-0.25, -0.2) is 4.39 Å². The second-order valence-corrected chi connectivity index (χ2v) is 6.97. The van der Waals surface area contributed by atoms with Gasteiger partial charge in [-0.2, -0.15) is 0 Å². The predicted octanol–water partition coefficient (Wildman–Crippen LogP) is 4.42. The minimum Gasteiger partial charge on any atom is -0.481 e. The summed E-state index contributed by atoms with van der Waals surface area (Å²) in [5.74, 6) is -5.18. The summed E-state index contributed by atoms with van der Waals surface area (Å²) >= 11 is 0. The third-order valence-electron chi connectivity index (χ3n) is 4.69. The number of hydrogen-bond donors (Lipinski definition) is 1. The van der Waals surface area contributed by atoms with E-state index in [4.69, 9.17) is 0 Å². The van der Waals surface area contributed by atoms with Gasteiger partial charge in [0.1, 0.15) is 17.5 Å². The van der Waals surface area contributed by atoms with Crippen LogP contribution < -0.4 is 0 Å². The average Bonchev–Trinajstić information content (AvgIpc) is 2.61. The molecule has 0 saturated heterocycles. The van der Waals surface area contributed by atoms with E-state index >= 15 is 0 Å². The molecule has 0 aliphatic carbocycles. The van der Waals surface area contributed by atoms with E-state index in [0.717, 1.165) is 5.56 Å². The molecule has 27 heavy (non-hydrogen) atoms. The summed E-state index contributed by atoms with van der Waals surface area (Å²) in [5.41, 5.74) is 1.73. The van der Waals surface area contributed by atoms with Crippen LogP contribution in [0.25, 0.3) is 0 Å². The number of rotatable bonds is 8. The number of carboxylic acids is 1. The molecule has 0 radical (unpaired) electrons. The SMILES string of the molecule is Cc1ccccc1C(=O)CC(c1ccc(F)cc1)C(C(=O)O)C(=O)C(C)C. The Kier molecular flexibility index (Phi) is 6.61. The molecule has 0 aromatic heterocycles. The fourth-order valence-electron chi connectivity index (χ4n) is 3.18. The molecule has 0 saturated carbocycles. The highest BCUT2D eigenvalue weighted by molar-refractivity contribution is 6.02. The molecule has 0 heterocycles. The highest BCUT2D eigenvalue weighted by Gasteiger charge is 2.38. The fraction of sp³-hybridized carbons (Fsp3) is 0.318. The van der Waals surface area contributed by atoms with Crippen molar-refractivity contribution >= 4 is 17.5 Å². The van der Waals surface area contributed by atoms with Crippen molar-refractivity contribution in [3.8, 4) is 0 Å². The Morgan fingerprint density at radius 3 is 2.11 bits per heavy atom. The van der Waals surface area contributed by atoms with Crippen LogP contribution in [0.2, 0.25) is 0 Å². The first-order valence-corrected chi connectivity index (χ1v) is 8.83. The maximum absolute atomic E-state index is 13.3. The second-order valence-electron chi connectivity index (χ2n) is 6.97. The molecule has 142 valence electrons. The molecule has 0 aliphatic rings. The first-order chi connectivity index (χ1) is 12.7. The highest BCUT2D eigenvalue weighted by Crippen LogP contribution is 2.33. The monoisotopic (exact) mass is 370 g/mol. The third-order valence-corrected chi connectivity index (χ3v) is 4.69. The Hall–Kier alpha value is -2.82. The van der Waals surface area contributed by atoms with E-state index in [9.17, 15) is 23.9 Å². The van der Waals surface area contributed by atoms with Gasteiger partial charge in [0.25, 0.3) is 0 Å². The molecule has 0 amide bonds. The lowest BCUT2D eigenvalue weighted by Gasteiger charge is -2.24. The molecule has 2 unspecified atom stereocenters. The van der Waals surface area contributed by atoms with Gasteiger partial charge in [0.05, 0.1) is 0 Å². The average molecular weight is 370 g/mol. The summed E-state index contributed by atoms with van der Waals surface area (Å²) in [6.07, 6.45) is -0.147. The smallest absolute Gasteiger partial charge is 0.314 e. The van der Waals surface area contributed by atoms with Crippen LogP contribution >= 0.6 is 0 Å². The lowest BCUT2D eigenvalue weighted by atomic mass is 9.76. The van der Waals surface area contributed by atoms with E-state index in [1.165, 1.54) is 24.3 Å². The number of benzene rings is 2. The molecule has 0 spiro atoms. The molecule has 1 N–H and O–H groups in total. The van der Waals surface area contributed by atoms with Crippen molar-refractivity contribution < 1.29 is 23.9 Å². The number of hydrogen-bond acceptors (Lipinski definition) is 3. The molecule has 2 aromatic rings. The van der Waals surface area contributed by atoms with Gasteiger partial charge in [0, 0.05) is 23.8 Å². The van der Waals surface area contributed by atoms with Crippen LogP contribution in [0.15, 0.2) is 48.5 Å². The number of carbonyl (C=O) groups is 3. The summed E-state index contributed by atoms with van der Waals surface area (Å²) in [7, 11) is 0. The second kappa shape index (κ2) is 8.71. The molecule has 2 aromatic carbocycles. The zero-order valence-electron chi connectivity index (χ0n) is 15.6. The minimum atomic E-state index is -1.37. The summed E-state index contributed by atoms with van der Waals surface area (Å²) in [6, 6.07) is 12.3. The molecular weight excluding hydrogens is 347 g/mol. The van der Waals surface area contributed by atoms with Crippen LogP contribution in [0.5, 0.6) is 0 Å². The van der Waals surface area contributed by atoms with Crippen molar-refractivity contribution in [1.82, 2.24) is 0 Å². The van der Waals surface area contributed by atoms with Gasteiger partial charge in [-0.1, -0.05) is 50.2 Å². The molecule has 0 bridgehead atoms. The van der Waals surface area contributed by atoms with Crippen LogP contribution in [-0.2, 0) is 9.59 Å². The lowest BCUT2D eigenvalue weighted by molar-refractivity contribution is -0.148. The normalized spacial score (nSPS) is 13.2. The maximum Gasteiger partial charge on any atom is 0.314 e. The van der Waals surface area contributed by atoms with Gasteiger partial charge in [-0.3, -0.25) is 14.4 Å². The first-order valence-electron chi connectivity index (χ1n) is 8.83. The zero-order chi connectivity index (χ0) is 20.1. The zero-order valence-corrected chi connectivity index (χ0v) is 15.6. The van der Waals surface area contributed by atoms with Crippen LogP contribution in [0.3, 0.4) is 0 Å². The summed E-state index contributed by atoms with van der Waals surface area (Å²) in [6.45, 7) is 5.06. The summed E-state index contributed by atoms with van der Waals surface area (Å²) < 4.78 is 13.3. The number of ketones is 2. The Morgan fingerprint density at radius 2 is 1.59 bits per heavy atom. The molecule has 2 atom stereocenters. The van der Waals surface area contributed by atoms with Crippen molar-refractivity contribution in [3.63, 3.8) is 0 Å². The van der Waals surface area contributed by atoms with E-state index in [1.54, 1.807) is 39.0 Å². The Bertz CT molecular complexity index is 840. The largest absolute Gasteiger partial charge is 0.481 e. The van der Waals surface area contributed by atoms with E-state index in [2.05, 4.69) is 0 Å². The van der Waals surface area contributed by atoms with E-state index in [0.29, 0.717) is 11.1 Å². The molecular formula is C22H23FO4. The number of carbonyl (C=O) groups excluding carboxylic acids is 2. The molecule has 4 nitrogen and oxygen atoms in total. The number of Topliss-reactive ketones (excluding diaryl/α,β-unsaturated/α-hetero) is 2. The third kappa shape index (κ3) is 4.88. The quantitative estimate of drug-likeness (QED) is 0.552. The van der Waals surface area contributed by atoms with Crippen molar-refractivity contribution in [3.05, 3.63) is 71.0 Å². The summed E-state index contributed by atoms with van der Waals surface area (Å²) in [5, 5.41) is 9.71. The standard InChI is InChI=1S/C22H23FO4/c1-13(2)21(25)20(22(26)27)18(15-8-10-16(23)11-9-15)12-19(24)17-7-5-4-6-14(17)3/h4-11,13,18,20H,12H2,1-3H3,(H,26,27). The van der Waals surface area contributed by atoms with Crippen molar-refractivity contribution in [2.45, 2.75) is 33.1 Å². The van der Waals surface area contributed by atoms with Crippen LogP contribution in [0.1, 0.15) is 47.7 Å². The Morgan fingerprint density at radius 1 is 1.00 bits per heavy atom. The van der Waals surface area contributed by atoms with E-state index in [-0.39, 0.29) is 12.2 Å². The number of aliphatic carboxylic acids is 1. The van der Waals surface area contributed by atoms with Crippen LogP contribution in [0, 0.1) is 24.6 Å². The van der Waals surface area contributed by atoms with Gasteiger partial charge in [0.15, 0.2) is 5.78 Å². The highest BCUT2D eigenvalue weighted by atomic mass is 19.1. The number of aryl methyl sites for hydroxylation is 1. The van der Waals surface area contributed by atoms with E-state index < -0.39 is 35.3 Å². The van der Waals surface area contributed by atoms with Gasteiger partial charge in [-0.15, -0.1) is 0 Å². The Labute approximate surface area is 158 Å². The van der Waals surface area contributed by atoms with Gasteiger partial charge < -0.3 is 5.11 Å². The lowest BCUT2D eigenvalue weighted by Crippen LogP contribution is -2.34. The van der Waals surface area contributed by atoms with Crippen molar-refractivity contribution in [1.29, 1.82) is 0 Å². The molecule has 0 fully saturated rings. The molecule has 5 heteroatoms. The fourth-order valence-corrected chi connectivity index (χ4v) is 3.18. The topological polar surface area (TPSA) is 71.4 Å². The molecule has 0 aliphatic heterocycles. The number of halogens is 1. The maximum atomic E-state index is 13.3. The van der Waals surface area contributed by atoms with Crippen molar-refractivity contribution in [2.24, 2.45) is 11.8 Å². The van der Waals surface area contributed by atoms with Gasteiger partial charge >= 0.3 is 5.97 Å². The van der Waals surface area contributed by atoms with Crippen LogP contribution in [-0.4, -0.2) is 22.6 Å². The predicted molar refractivity (Wildman–Crippen MR) is 100 cm³/mol. The minimum absolute atomic E-state index is 0.147. The van der Waals surface area contributed by atoms with Crippen LogP contribution in [0.4, 0.5) is 4.39 Å². The number of carboxylic acid groups (broad SMARTS) is 1. The summed E-state index contributed by atoms with van der Waals surface area (Å²) in [4.78, 5) is 37.3. The molecule has 2 rings (SSSR count). The Balaban J connectivity index is 2.47. The first kappa shape index (κ1) is 20.5. The van der Waals surface area contributed by atoms with Crippen molar-refractivity contribution in [2.75, 3.05) is 0 Å².